The fourth-order valence-corrected chi connectivity index (χ4v) is 2.60. The van der Waals surface area contributed by atoms with Gasteiger partial charge in [0.15, 0.2) is 5.82 Å². The van der Waals surface area contributed by atoms with E-state index in [1.807, 2.05) is 24.5 Å². The molecular weight excluding hydrogens is 236 g/mol. The molecule has 19 heavy (non-hydrogen) atoms. The van der Waals surface area contributed by atoms with Crippen LogP contribution in [-0.2, 0) is 12.8 Å². The summed E-state index contributed by atoms with van der Waals surface area (Å²) in [7, 11) is 0. The number of fused-ring (bicyclic) bond motifs is 1. The van der Waals surface area contributed by atoms with Crippen molar-refractivity contribution in [2.24, 2.45) is 0 Å². The Kier molecular flexibility index (Phi) is 2.83. The molecule has 0 bridgehead atoms. The lowest BCUT2D eigenvalue weighted by Gasteiger charge is -2.17. The van der Waals surface area contributed by atoms with Crippen molar-refractivity contribution in [2.45, 2.75) is 39.5 Å². The summed E-state index contributed by atoms with van der Waals surface area (Å²) in [5, 5.41) is 9.36. The molecule has 0 saturated carbocycles. The summed E-state index contributed by atoms with van der Waals surface area (Å²) in [5.74, 6) is 0.723. The normalized spacial score (nSPS) is 13.9. The maximum absolute atomic E-state index is 9.36. The van der Waals surface area contributed by atoms with Crippen molar-refractivity contribution < 1.29 is 0 Å². The lowest BCUT2D eigenvalue weighted by molar-refractivity contribution is 0.664. The van der Waals surface area contributed by atoms with Gasteiger partial charge in [-0.25, -0.2) is 9.97 Å². The highest BCUT2D eigenvalue weighted by atomic mass is 15.1. The summed E-state index contributed by atoms with van der Waals surface area (Å²) < 4.78 is 1.92. The average molecular weight is 252 g/mol. The predicted molar refractivity (Wildman–Crippen MR) is 72.2 cm³/mol. The first kappa shape index (κ1) is 11.9. The Bertz CT molecular complexity index is 676. The van der Waals surface area contributed by atoms with Gasteiger partial charge in [0.1, 0.15) is 12.4 Å². The number of hydrogen-bond acceptors (Lipinski definition) is 3. The Morgan fingerprint density at radius 3 is 2.74 bits per heavy atom. The van der Waals surface area contributed by atoms with E-state index in [0.29, 0.717) is 5.56 Å². The third-order valence-electron chi connectivity index (χ3n) is 3.88. The predicted octanol–water partition coefficient (Wildman–Crippen LogP) is 2.63. The molecule has 0 N–H and O–H groups in total. The van der Waals surface area contributed by atoms with Crippen LogP contribution in [0.15, 0.2) is 12.4 Å². The topological polar surface area (TPSA) is 54.5 Å². The Hall–Kier alpha value is -2.15. The van der Waals surface area contributed by atoms with E-state index in [0.717, 1.165) is 35.7 Å². The van der Waals surface area contributed by atoms with Crippen molar-refractivity contribution in [1.29, 1.82) is 5.26 Å². The minimum absolute atomic E-state index is 0.640. The van der Waals surface area contributed by atoms with Crippen molar-refractivity contribution in [3.05, 3.63) is 40.6 Å². The van der Waals surface area contributed by atoms with Gasteiger partial charge in [0.2, 0.25) is 0 Å². The van der Waals surface area contributed by atoms with E-state index in [2.05, 4.69) is 11.1 Å². The molecule has 1 aliphatic rings. The van der Waals surface area contributed by atoms with Gasteiger partial charge < -0.3 is 0 Å². The Balaban J connectivity index is 2.20. The second-order valence-corrected chi connectivity index (χ2v) is 5.07. The Morgan fingerprint density at radius 1 is 1.26 bits per heavy atom. The van der Waals surface area contributed by atoms with Crippen molar-refractivity contribution in [1.82, 2.24) is 14.5 Å². The number of aryl methyl sites for hydroxylation is 3. The van der Waals surface area contributed by atoms with Crippen LogP contribution >= 0.6 is 0 Å². The third-order valence-corrected chi connectivity index (χ3v) is 3.88. The molecule has 0 aliphatic heterocycles. The van der Waals surface area contributed by atoms with E-state index in [1.54, 1.807) is 6.33 Å². The lowest BCUT2D eigenvalue weighted by Crippen LogP contribution is -2.11. The Morgan fingerprint density at radius 2 is 2.05 bits per heavy atom. The lowest BCUT2D eigenvalue weighted by atomic mass is 9.95. The molecular formula is C15H16N4. The standard InChI is InChI=1S/C15H16N4/c1-10-11(2)19(9-17-10)15-13(8-16)7-12-5-3-4-6-14(12)18-15/h7,9H,3-6H2,1-2H3. The molecule has 0 fully saturated rings. The van der Waals surface area contributed by atoms with Gasteiger partial charge in [0, 0.05) is 11.4 Å². The van der Waals surface area contributed by atoms with E-state index in [4.69, 9.17) is 4.98 Å². The molecule has 2 aromatic rings. The number of imidazole rings is 1. The second-order valence-electron chi connectivity index (χ2n) is 5.07. The van der Waals surface area contributed by atoms with Gasteiger partial charge in [0.05, 0.1) is 11.3 Å². The molecule has 1 aliphatic carbocycles. The smallest absolute Gasteiger partial charge is 0.156 e. The zero-order valence-corrected chi connectivity index (χ0v) is 11.3. The highest BCUT2D eigenvalue weighted by Gasteiger charge is 2.17. The van der Waals surface area contributed by atoms with Gasteiger partial charge in [-0.3, -0.25) is 4.57 Å². The van der Waals surface area contributed by atoms with Crippen molar-refractivity contribution in [2.75, 3.05) is 0 Å². The molecule has 96 valence electrons. The molecule has 4 heteroatoms. The van der Waals surface area contributed by atoms with Crippen LogP contribution in [0.25, 0.3) is 5.82 Å². The minimum atomic E-state index is 0.640. The van der Waals surface area contributed by atoms with Crippen LogP contribution in [0, 0.1) is 25.2 Å². The highest BCUT2D eigenvalue weighted by molar-refractivity contribution is 5.48. The van der Waals surface area contributed by atoms with Gasteiger partial charge in [-0.1, -0.05) is 0 Å². The summed E-state index contributed by atoms with van der Waals surface area (Å²) in [6.07, 6.45) is 6.19. The third kappa shape index (κ3) is 1.91. The molecule has 2 heterocycles. The first-order valence-electron chi connectivity index (χ1n) is 6.64. The molecule has 0 saturated heterocycles. The summed E-state index contributed by atoms with van der Waals surface area (Å²) in [6, 6.07) is 4.28. The van der Waals surface area contributed by atoms with Gasteiger partial charge in [-0.2, -0.15) is 5.26 Å². The van der Waals surface area contributed by atoms with Crippen LogP contribution in [0.1, 0.15) is 41.1 Å². The molecule has 0 atom stereocenters. The van der Waals surface area contributed by atoms with E-state index in [-0.39, 0.29) is 0 Å². The van der Waals surface area contributed by atoms with Crippen LogP contribution in [0.5, 0.6) is 0 Å². The van der Waals surface area contributed by atoms with Crippen molar-refractivity contribution in [3.8, 4) is 11.9 Å². The monoisotopic (exact) mass is 252 g/mol. The van der Waals surface area contributed by atoms with Gasteiger partial charge in [-0.15, -0.1) is 0 Å². The van der Waals surface area contributed by atoms with E-state index in [1.165, 1.54) is 18.4 Å². The Labute approximate surface area is 112 Å². The van der Waals surface area contributed by atoms with E-state index < -0.39 is 0 Å². The number of nitriles is 1. The molecule has 3 rings (SSSR count). The number of aromatic nitrogens is 3. The van der Waals surface area contributed by atoms with E-state index >= 15 is 0 Å². The summed E-state index contributed by atoms with van der Waals surface area (Å²) in [4.78, 5) is 9.02. The fraction of sp³-hybridized carbons (Fsp3) is 0.400. The average Bonchev–Trinajstić information content (AvgIpc) is 2.77. The molecule has 0 amide bonds. The molecule has 2 aromatic heterocycles. The maximum atomic E-state index is 9.36. The quantitative estimate of drug-likeness (QED) is 0.784. The highest BCUT2D eigenvalue weighted by Crippen LogP contribution is 2.24. The van der Waals surface area contributed by atoms with Crippen LogP contribution in [0.3, 0.4) is 0 Å². The first-order valence-corrected chi connectivity index (χ1v) is 6.64. The summed E-state index contributed by atoms with van der Waals surface area (Å²) >= 11 is 0. The molecule has 4 nitrogen and oxygen atoms in total. The van der Waals surface area contributed by atoms with Crippen LogP contribution < -0.4 is 0 Å². The molecule has 0 spiro atoms. The summed E-state index contributed by atoms with van der Waals surface area (Å²) in [6.45, 7) is 3.97. The zero-order chi connectivity index (χ0) is 13.4. The maximum Gasteiger partial charge on any atom is 0.156 e. The van der Waals surface area contributed by atoms with Crippen LogP contribution in [-0.4, -0.2) is 14.5 Å². The van der Waals surface area contributed by atoms with Crippen LogP contribution in [0.2, 0.25) is 0 Å². The van der Waals surface area contributed by atoms with Crippen molar-refractivity contribution >= 4 is 0 Å². The molecule has 0 aromatic carbocycles. The zero-order valence-electron chi connectivity index (χ0n) is 11.3. The number of pyridine rings is 1. The number of nitrogens with zero attached hydrogens (tertiary/aromatic N) is 4. The summed E-state index contributed by atoms with van der Waals surface area (Å²) in [5.41, 5.74) is 5.04. The largest absolute Gasteiger partial charge is 0.286 e. The molecule has 0 radical (unpaired) electrons. The van der Waals surface area contributed by atoms with E-state index in [9.17, 15) is 5.26 Å². The SMILES string of the molecule is Cc1ncn(-c2nc3c(cc2C#N)CCCC3)c1C. The number of rotatable bonds is 1. The molecule has 0 unspecified atom stereocenters. The first-order chi connectivity index (χ1) is 9.20. The minimum Gasteiger partial charge on any atom is -0.286 e. The second kappa shape index (κ2) is 4.51. The van der Waals surface area contributed by atoms with Gasteiger partial charge >= 0.3 is 0 Å². The van der Waals surface area contributed by atoms with Crippen molar-refractivity contribution in [3.63, 3.8) is 0 Å². The fourth-order valence-electron chi connectivity index (χ4n) is 2.60. The number of hydrogen-bond donors (Lipinski definition) is 0. The van der Waals surface area contributed by atoms with Gasteiger partial charge in [-0.05, 0) is 51.2 Å². The van der Waals surface area contributed by atoms with Crippen LogP contribution in [0.4, 0.5) is 0 Å². The van der Waals surface area contributed by atoms with Gasteiger partial charge in [0.25, 0.3) is 0 Å².